The van der Waals surface area contributed by atoms with Crippen molar-refractivity contribution in [1.82, 2.24) is 0 Å². The molecule has 13 heavy (non-hydrogen) atoms. The molecule has 0 saturated heterocycles. The standard InChI is InChI=1S/3K.Mn.H3O4P.H2O.3O.3H/c;;;;1-5(2,3)4;;;;;;;/h;;;;(H3,1,2,3,4);1H2;;;;;;/q4*+1;;;;;;3*-1/p-1. The van der Waals surface area contributed by atoms with Gasteiger partial charge in [-0.2, -0.15) is 0 Å². The summed E-state index contributed by atoms with van der Waals surface area (Å²) in [6, 6.07) is 0. The fourth-order valence-corrected chi connectivity index (χ4v) is 0. The molecule has 0 aliphatic heterocycles. The van der Waals surface area contributed by atoms with Crippen LogP contribution in [-0.2, 0) is 29.0 Å². The van der Waals surface area contributed by atoms with Crippen LogP contribution in [0.3, 0.4) is 0 Å². The second kappa shape index (κ2) is 15.0. The number of phosphoric acid groups is 1. The first-order valence-electron chi connectivity index (χ1n) is 1.41. The van der Waals surface area contributed by atoms with Crippen molar-refractivity contribution in [1.29, 1.82) is 0 Å². The summed E-state index contributed by atoms with van der Waals surface area (Å²) in [5, 5.41) is 0. The first kappa shape index (κ1) is 30.7. The minimum absolute atomic E-state index is 0. The summed E-state index contributed by atoms with van der Waals surface area (Å²) >= 11 is -5.38. The zero-order valence-electron chi connectivity index (χ0n) is 10.2. The Balaban J connectivity index is -0.00000000970. The molecule has 0 unspecified atom stereocenters. The molecule has 0 aromatic carbocycles. The molecule has 0 aliphatic rings. The third-order valence-corrected chi connectivity index (χ3v) is 0. The van der Waals surface area contributed by atoms with Gasteiger partial charge in [-0.1, -0.05) is 0 Å². The van der Waals surface area contributed by atoms with Gasteiger partial charge in [-0.15, -0.1) is 0 Å². The van der Waals surface area contributed by atoms with Crippen LogP contribution in [0.5, 0.6) is 0 Å². The monoisotopic (exact) mass is 338 g/mol. The summed E-state index contributed by atoms with van der Waals surface area (Å²) in [5.74, 6) is 0. The van der Waals surface area contributed by atoms with Crippen molar-refractivity contribution in [2.45, 2.75) is 0 Å². The average molecular weight is 338 g/mol. The van der Waals surface area contributed by atoms with E-state index in [0.717, 1.165) is 0 Å². The average Bonchev–Trinajstić information content (AvgIpc) is 1.12. The van der Waals surface area contributed by atoms with E-state index in [2.05, 4.69) is 0 Å². The van der Waals surface area contributed by atoms with Crippen LogP contribution in [0, 0.1) is 0 Å². The van der Waals surface area contributed by atoms with Gasteiger partial charge in [0.15, 0.2) is 0 Å². The Kier molecular flexibility index (Phi) is 35.3. The van der Waals surface area contributed by atoms with Gasteiger partial charge in [-0.3, -0.25) is 0 Å². The summed E-state index contributed by atoms with van der Waals surface area (Å²) in [7, 11) is -4.64. The van der Waals surface area contributed by atoms with Gasteiger partial charge >= 0.3 is 191 Å². The molecular formula is H7K3MnO8P. The minimum atomic E-state index is -5.38. The predicted molar refractivity (Wildman–Crippen MR) is 21.9 cm³/mol. The van der Waals surface area contributed by atoms with Crippen LogP contribution >= 0.6 is 7.82 Å². The molecule has 0 spiro atoms. The van der Waals surface area contributed by atoms with Crippen LogP contribution in [0.4, 0.5) is 0 Å². The molecule has 0 fully saturated rings. The molecule has 8 nitrogen and oxygen atoms in total. The Hall–Kier alpha value is 4.90. The third-order valence-electron chi connectivity index (χ3n) is 0. The number of hydrogen-bond acceptors (Lipinski definition) is 4. The van der Waals surface area contributed by atoms with Gasteiger partial charge < -0.3 is 19.0 Å². The zero-order valence-corrected chi connectivity index (χ0v) is 18.7. The molecule has 13 heteroatoms. The molecule has 0 aromatic rings. The van der Waals surface area contributed by atoms with Gasteiger partial charge in [-0.25, -0.2) is 4.57 Å². The molecule has 4 N–H and O–H groups in total. The Morgan fingerprint density at radius 3 is 0.923 bits per heavy atom. The summed E-state index contributed by atoms with van der Waals surface area (Å²) in [6.07, 6.45) is 0. The van der Waals surface area contributed by atoms with E-state index in [1.807, 2.05) is 0 Å². The molecule has 0 atom stereocenters. The maximum absolute atomic E-state index is 8.88. The van der Waals surface area contributed by atoms with Gasteiger partial charge in [0.1, 0.15) is 0 Å². The fourth-order valence-electron chi connectivity index (χ4n) is 0. The molecule has 0 aliphatic carbocycles. The quantitative estimate of drug-likeness (QED) is 0.251. The van der Waals surface area contributed by atoms with Gasteiger partial charge in [0.2, 0.25) is 0 Å². The fraction of sp³-hybridized carbons (Fsp3) is 0. The van der Waals surface area contributed by atoms with E-state index < -0.39 is 20.8 Å². The Labute approximate surface area is 208 Å². The molecule has 0 saturated carbocycles. The number of hydrogen-bond donors (Lipinski definition) is 4. The van der Waals surface area contributed by atoms with Gasteiger partial charge in [0.25, 0.3) is 0 Å². The first-order valence-corrected chi connectivity index (χ1v) is 4.95. The van der Waals surface area contributed by atoms with E-state index in [1.165, 1.54) is 0 Å². The van der Waals surface area contributed by atoms with Crippen LogP contribution in [0.2, 0.25) is 0 Å². The molecule has 0 amide bonds. The maximum atomic E-state index is 8.88. The van der Waals surface area contributed by atoms with Crippen LogP contribution in [-0.4, -0.2) is 18.9 Å². The zero-order chi connectivity index (χ0) is 9.00. The normalized spacial score (nSPS) is 8.92. The van der Waals surface area contributed by atoms with Crippen molar-refractivity contribution in [3.8, 4) is 0 Å². The number of rotatable bonds is 0. The van der Waals surface area contributed by atoms with Gasteiger partial charge in [0, 0.05) is 0 Å². The van der Waals surface area contributed by atoms with E-state index >= 15 is 0 Å². The summed E-state index contributed by atoms with van der Waals surface area (Å²) in [6.45, 7) is 0. The Morgan fingerprint density at radius 1 is 0.923 bits per heavy atom. The van der Waals surface area contributed by atoms with Crippen LogP contribution in [0.25, 0.3) is 0 Å². The van der Waals surface area contributed by atoms with E-state index in [1.54, 1.807) is 0 Å². The predicted octanol–water partition coefficient (Wildman–Crippen LogP) is -10.5. The molecular weight excluding hydrogens is 331 g/mol. The molecule has 0 radical (unpaired) electrons. The van der Waals surface area contributed by atoms with Crippen molar-refractivity contribution in [2.24, 2.45) is 0 Å². The van der Waals surface area contributed by atoms with Crippen LogP contribution in [0.15, 0.2) is 0 Å². The molecule has 0 rings (SSSR count). The van der Waals surface area contributed by atoms with Gasteiger partial charge in [-0.05, 0) is 0 Å². The third kappa shape index (κ3) is 156. The van der Waals surface area contributed by atoms with Crippen molar-refractivity contribution < 1.29 is 206 Å². The summed E-state index contributed by atoms with van der Waals surface area (Å²) in [4.78, 5) is 21.6. The second-order valence-corrected chi connectivity index (χ2v) is 3.17. The van der Waals surface area contributed by atoms with E-state index in [9.17, 15) is 0 Å². The van der Waals surface area contributed by atoms with Crippen molar-refractivity contribution in [2.75, 3.05) is 0 Å². The van der Waals surface area contributed by atoms with Gasteiger partial charge in [0.05, 0.1) is 0 Å². The Morgan fingerprint density at radius 2 is 0.923 bits per heavy atom. The SMILES string of the molecule is O=P(O)(O)O.[H-].[H-].[H-].[K+].[K+].[K+].[O]=[Mn](=[O])(=[O])[OH]. The van der Waals surface area contributed by atoms with Crippen LogP contribution < -0.4 is 154 Å². The van der Waals surface area contributed by atoms with Crippen molar-refractivity contribution in [3.63, 3.8) is 0 Å². The molecule has 0 aromatic heterocycles. The van der Waals surface area contributed by atoms with E-state index in [4.69, 9.17) is 34.9 Å². The topological polar surface area (TPSA) is 149 Å². The molecule has 70 valence electrons. The molecule has 0 bridgehead atoms. The van der Waals surface area contributed by atoms with Crippen LogP contribution in [0.1, 0.15) is 4.28 Å². The second-order valence-electron chi connectivity index (χ2n) is 0.909. The Bertz CT molecular complexity index is 254. The van der Waals surface area contributed by atoms with Crippen molar-refractivity contribution >= 4 is 7.82 Å². The van der Waals surface area contributed by atoms with E-state index in [0.29, 0.717) is 0 Å². The summed E-state index contributed by atoms with van der Waals surface area (Å²) in [5.41, 5.74) is 0. The van der Waals surface area contributed by atoms with Crippen molar-refractivity contribution in [3.05, 3.63) is 0 Å². The first-order chi connectivity index (χ1) is 4.00. The van der Waals surface area contributed by atoms with E-state index in [-0.39, 0.29) is 158 Å². The summed E-state index contributed by atoms with van der Waals surface area (Å²) < 4.78 is 41.9. The molecule has 0 heterocycles.